The van der Waals surface area contributed by atoms with Crippen LogP contribution in [0.3, 0.4) is 0 Å². The minimum absolute atomic E-state index is 0.112. The van der Waals surface area contributed by atoms with Crippen LogP contribution >= 0.6 is 31.9 Å². The summed E-state index contributed by atoms with van der Waals surface area (Å²) in [5, 5.41) is 0.717. The van der Waals surface area contributed by atoms with E-state index in [9.17, 15) is 9.18 Å². The van der Waals surface area contributed by atoms with Crippen LogP contribution in [0.2, 0.25) is 0 Å². The first-order valence-corrected chi connectivity index (χ1v) is 8.28. The number of hydrogen-bond acceptors (Lipinski definition) is 1. The van der Waals surface area contributed by atoms with Gasteiger partial charge in [0.2, 0.25) is 0 Å². The van der Waals surface area contributed by atoms with Gasteiger partial charge in [-0.25, -0.2) is 4.39 Å². The van der Waals surface area contributed by atoms with Crippen LogP contribution in [0.25, 0.3) is 0 Å². The molecule has 1 amide bonds. The molecule has 0 aromatic heterocycles. The zero-order valence-corrected chi connectivity index (χ0v) is 14.3. The summed E-state index contributed by atoms with van der Waals surface area (Å²) in [6, 6.07) is 4.70. The molecule has 19 heavy (non-hydrogen) atoms. The Morgan fingerprint density at radius 2 is 2.00 bits per heavy atom. The van der Waals surface area contributed by atoms with Crippen molar-refractivity contribution in [1.29, 1.82) is 0 Å². The highest BCUT2D eigenvalue weighted by atomic mass is 79.9. The van der Waals surface area contributed by atoms with Crippen molar-refractivity contribution in [2.45, 2.75) is 32.7 Å². The number of hydrogen-bond donors (Lipinski definition) is 0. The van der Waals surface area contributed by atoms with Crippen molar-refractivity contribution in [2.24, 2.45) is 0 Å². The zero-order valence-electron chi connectivity index (χ0n) is 11.1. The lowest BCUT2D eigenvalue weighted by molar-refractivity contribution is 0.0682. The van der Waals surface area contributed by atoms with E-state index in [4.69, 9.17) is 0 Å². The van der Waals surface area contributed by atoms with Gasteiger partial charge in [0.1, 0.15) is 5.82 Å². The largest absolute Gasteiger partial charge is 0.335 e. The van der Waals surface area contributed by atoms with Gasteiger partial charge in [0.15, 0.2) is 0 Å². The molecule has 0 heterocycles. The van der Waals surface area contributed by atoms with Crippen LogP contribution in [0.1, 0.15) is 37.0 Å². The molecular formula is C14H18Br2FNO. The van der Waals surface area contributed by atoms with E-state index >= 15 is 0 Å². The average molecular weight is 395 g/mol. The van der Waals surface area contributed by atoms with Crippen LogP contribution in [-0.4, -0.2) is 28.7 Å². The molecule has 1 aromatic carbocycles. The van der Waals surface area contributed by atoms with Crippen LogP contribution in [-0.2, 0) is 0 Å². The normalized spacial score (nSPS) is 10.8. The first-order chi connectivity index (χ1) is 9.04. The molecule has 0 saturated heterocycles. The second kappa shape index (κ2) is 8.00. The Morgan fingerprint density at radius 3 is 2.47 bits per heavy atom. The summed E-state index contributed by atoms with van der Waals surface area (Å²) in [5.74, 6) is -0.520. The Labute approximate surface area is 130 Å². The Balaban J connectivity index is 3.01. The average Bonchev–Trinajstić information content (AvgIpc) is 2.41. The summed E-state index contributed by atoms with van der Waals surface area (Å²) in [6.07, 6.45) is 1.79. The Bertz CT molecular complexity index is 435. The number of carbonyl (C=O) groups excluding carboxylic acids is 1. The van der Waals surface area contributed by atoms with Crippen LogP contribution in [0.4, 0.5) is 4.39 Å². The molecule has 0 atom stereocenters. The van der Waals surface area contributed by atoms with E-state index in [1.807, 2.05) is 4.90 Å². The second-order valence-corrected chi connectivity index (χ2v) is 5.93. The van der Waals surface area contributed by atoms with E-state index in [-0.39, 0.29) is 11.9 Å². The van der Waals surface area contributed by atoms with Gasteiger partial charge in [0, 0.05) is 23.5 Å². The number of rotatable bonds is 6. The molecule has 0 fully saturated rings. The zero-order chi connectivity index (χ0) is 14.4. The van der Waals surface area contributed by atoms with Gasteiger partial charge >= 0.3 is 0 Å². The van der Waals surface area contributed by atoms with Gasteiger partial charge < -0.3 is 4.90 Å². The molecule has 0 spiro atoms. The first-order valence-electron chi connectivity index (χ1n) is 6.37. The minimum Gasteiger partial charge on any atom is -0.335 e. The summed E-state index contributed by atoms with van der Waals surface area (Å²) < 4.78 is 13.9. The SMILES string of the molecule is CCC(CC)N(CCBr)C(=O)c1ccc(Br)c(F)c1. The van der Waals surface area contributed by atoms with Crippen LogP contribution in [0.15, 0.2) is 22.7 Å². The summed E-state index contributed by atoms with van der Waals surface area (Å²) in [6.45, 7) is 4.75. The van der Waals surface area contributed by atoms with E-state index < -0.39 is 5.82 Å². The maximum atomic E-state index is 13.5. The van der Waals surface area contributed by atoms with Crippen LogP contribution < -0.4 is 0 Å². The lowest BCUT2D eigenvalue weighted by atomic mass is 10.1. The van der Waals surface area contributed by atoms with Gasteiger partial charge in [-0.3, -0.25) is 4.79 Å². The van der Waals surface area contributed by atoms with Gasteiger partial charge in [0.05, 0.1) is 4.47 Å². The summed E-state index contributed by atoms with van der Waals surface area (Å²) in [4.78, 5) is 14.3. The minimum atomic E-state index is -0.408. The molecule has 0 aliphatic heterocycles. The van der Waals surface area contributed by atoms with Gasteiger partial charge in [-0.05, 0) is 47.0 Å². The number of halogens is 3. The maximum absolute atomic E-state index is 13.5. The van der Waals surface area contributed by atoms with Gasteiger partial charge in [-0.15, -0.1) is 0 Å². The maximum Gasteiger partial charge on any atom is 0.254 e. The highest BCUT2D eigenvalue weighted by Gasteiger charge is 2.22. The predicted molar refractivity (Wildman–Crippen MR) is 83.3 cm³/mol. The van der Waals surface area contributed by atoms with Crippen molar-refractivity contribution in [1.82, 2.24) is 4.90 Å². The van der Waals surface area contributed by atoms with E-state index in [0.717, 1.165) is 12.8 Å². The van der Waals surface area contributed by atoms with E-state index in [2.05, 4.69) is 45.7 Å². The predicted octanol–water partition coefficient (Wildman–Crippen LogP) is 4.61. The molecule has 0 N–H and O–H groups in total. The molecule has 1 rings (SSSR count). The van der Waals surface area contributed by atoms with Crippen molar-refractivity contribution in [3.05, 3.63) is 34.1 Å². The van der Waals surface area contributed by atoms with Crippen molar-refractivity contribution in [2.75, 3.05) is 11.9 Å². The van der Waals surface area contributed by atoms with Crippen molar-refractivity contribution >= 4 is 37.8 Å². The molecule has 0 bridgehead atoms. The fourth-order valence-corrected chi connectivity index (χ4v) is 2.69. The molecule has 0 radical (unpaired) electrons. The summed E-state index contributed by atoms with van der Waals surface area (Å²) >= 11 is 6.46. The second-order valence-electron chi connectivity index (χ2n) is 4.29. The van der Waals surface area contributed by atoms with Crippen LogP contribution in [0, 0.1) is 5.82 Å². The Hall–Kier alpha value is -0.420. The molecule has 106 valence electrons. The smallest absolute Gasteiger partial charge is 0.254 e. The fourth-order valence-electron chi connectivity index (χ4n) is 2.07. The van der Waals surface area contributed by atoms with Crippen molar-refractivity contribution < 1.29 is 9.18 Å². The highest BCUT2D eigenvalue weighted by Crippen LogP contribution is 2.19. The third-order valence-electron chi connectivity index (χ3n) is 3.14. The third-order valence-corrected chi connectivity index (χ3v) is 4.13. The molecule has 0 aliphatic rings. The Kier molecular flexibility index (Phi) is 7.00. The molecule has 5 heteroatoms. The lowest BCUT2D eigenvalue weighted by Crippen LogP contribution is -2.41. The monoisotopic (exact) mass is 393 g/mol. The topological polar surface area (TPSA) is 20.3 Å². The third kappa shape index (κ3) is 4.28. The standard InChI is InChI=1S/C14H18Br2FNO/c1-3-11(4-2)18(8-7-15)14(19)10-5-6-12(16)13(17)9-10/h5-6,9,11H,3-4,7-8H2,1-2H3. The van der Waals surface area contributed by atoms with E-state index in [1.54, 1.807) is 12.1 Å². The molecule has 0 unspecified atom stereocenters. The van der Waals surface area contributed by atoms with Gasteiger partial charge in [-0.2, -0.15) is 0 Å². The number of benzene rings is 1. The number of carbonyl (C=O) groups is 1. The number of amides is 1. The molecule has 2 nitrogen and oxygen atoms in total. The van der Waals surface area contributed by atoms with Crippen molar-refractivity contribution in [3.8, 4) is 0 Å². The van der Waals surface area contributed by atoms with E-state index in [1.165, 1.54) is 6.07 Å². The van der Waals surface area contributed by atoms with Crippen LogP contribution in [0.5, 0.6) is 0 Å². The Morgan fingerprint density at radius 1 is 1.37 bits per heavy atom. The molecule has 1 aromatic rings. The molecule has 0 saturated carbocycles. The molecular weight excluding hydrogens is 377 g/mol. The fraction of sp³-hybridized carbons (Fsp3) is 0.500. The summed E-state index contributed by atoms with van der Waals surface area (Å²) in [7, 11) is 0. The number of alkyl halides is 1. The lowest BCUT2D eigenvalue weighted by Gasteiger charge is -2.30. The first kappa shape index (κ1) is 16.6. The quantitative estimate of drug-likeness (QED) is 0.645. The van der Waals surface area contributed by atoms with Gasteiger partial charge in [-0.1, -0.05) is 29.8 Å². The van der Waals surface area contributed by atoms with Gasteiger partial charge in [0.25, 0.3) is 5.91 Å². The number of nitrogens with zero attached hydrogens (tertiary/aromatic N) is 1. The van der Waals surface area contributed by atoms with E-state index in [0.29, 0.717) is 21.9 Å². The molecule has 0 aliphatic carbocycles. The van der Waals surface area contributed by atoms with Crippen molar-refractivity contribution in [3.63, 3.8) is 0 Å². The highest BCUT2D eigenvalue weighted by molar-refractivity contribution is 9.10. The summed E-state index contributed by atoms with van der Waals surface area (Å²) in [5.41, 5.74) is 0.397.